The van der Waals surface area contributed by atoms with E-state index < -0.39 is 12.1 Å². The van der Waals surface area contributed by atoms with Gasteiger partial charge in [-0.3, -0.25) is 4.68 Å². The zero-order chi connectivity index (χ0) is 17.6. The van der Waals surface area contributed by atoms with E-state index in [1.165, 1.54) is 0 Å². The molecule has 7 nitrogen and oxygen atoms in total. The van der Waals surface area contributed by atoms with Crippen LogP contribution in [0.25, 0.3) is 0 Å². The van der Waals surface area contributed by atoms with Crippen molar-refractivity contribution >= 4 is 11.7 Å². The fraction of sp³-hybridized carbons (Fsp3) is 0.462. The van der Waals surface area contributed by atoms with Crippen LogP contribution in [0.15, 0.2) is 23.0 Å². The predicted octanol–water partition coefficient (Wildman–Crippen LogP) is 2.72. The normalized spacial score (nSPS) is 11.1. The first-order valence-corrected chi connectivity index (χ1v) is 6.58. The molecule has 0 saturated heterocycles. The van der Waals surface area contributed by atoms with Crippen molar-refractivity contribution < 1.29 is 27.5 Å². The zero-order valence-electron chi connectivity index (χ0n) is 12.8. The van der Waals surface area contributed by atoms with Gasteiger partial charge in [-0.1, -0.05) is 13.8 Å². The summed E-state index contributed by atoms with van der Waals surface area (Å²) in [6.45, 7) is 4.73. The lowest BCUT2D eigenvalue weighted by molar-refractivity contribution is -0.192. The van der Waals surface area contributed by atoms with Crippen LogP contribution in [0.1, 0.15) is 31.4 Å². The molecule has 2 N–H and O–H groups in total. The van der Waals surface area contributed by atoms with Crippen LogP contribution in [0.5, 0.6) is 0 Å². The highest BCUT2D eigenvalue weighted by atomic mass is 19.4. The zero-order valence-corrected chi connectivity index (χ0v) is 12.8. The van der Waals surface area contributed by atoms with Gasteiger partial charge in [-0.2, -0.15) is 18.3 Å². The van der Waals surface area contributed by atoms with E-state index in [4.69, 9.17) is 14.3 Å². The number of carboxylic acids is 1. The highest BCUT2D eigenvalue weighted by Crippen LogP contribution is 2.15. The molecule has 2 heterocycles. The van der Waals surface area contributed by atoms with Gasteiger partial charge < -0.3 is 14.8 Å². The van der Waals surface area contributed by atoms with Crippen molar-refractivity contribution in [3.8, 4) is 0 Å². The molecule has 0 atom stereocenters. The van der Waals surface area contributed by atoms with Crippen LogP contribution in [0.4, 0.5) is 18.9 Å². The van der Waals surface area contributed by atoms with Gasteiger partial charge in [0.05, 0.1) is 18.1 Å². The molecular formula is C13H17F3N4O3. The van der Waals surface area contributed by atoms with E-state index in [2.05, 4.69) is 29.2 Å². The number of carbonyl (C=O) groups is 1. The van der Waals surface area contributed by atoms with Gasteiger partial charge in [0, 0.05) is 19.2 Å². The summed E-state index contributed by atoms with van der Waals surface area (Å²) in [4.78, 5) is 13.1. The number of nitrogens with zero attached hydrogens (tertiary/aromatic N) is 3. The second-order valence-corrected chi connectivity index (χ2v) is 4.80. The number of aliphatic carboxylic acids is 1. The van der Waals surface area contributed by atoms with Gasteiger partial charge in [0.25, 0.3) is 0 Å². The van der Waals surface area contributed by atoms with Crippen LogP contribution in [0, 0.1) is 0 Å². The highest BCUT2D eigenvalue weighted by molar-refractivity contribution is 5.73. The van der Waals surface area contributed by atoms with E-state index in [1.807, 2.05) is 17.9 Å². The third kappa shape index (κ3) is 6.01. The Hall–Kier alpha value is -2.52. The maximum atomic E-state index is 10.6. The topological polar surface area (TPSA) is 93.2 Å². The summed E-state index contributed by atoms with van der Waals surface area (Å²) in [6.07, 6.45) is 0.382. The first-order chi connectivity index (χ1) is 10.6. The van der Waals surface area contributed by atoms with E-state index in [0.717, 1.165) is 17.3 Å². The van der Waals surface area contributed by atoms with Gasteiger partial charge in [-0.15, -0.1) is 0 Å². The van der Waals surface area contributed by atoms with Gasteiger partial charge in [0.1, 0.15) is 12.3 Å². The van der Waals surface area contributed by atoms with Gasteiger partial charge in [0.15, 0.2) is 5.89 Å². The molecule has 0 unspecified atom stereocenters. The number of oxazole rings is 1. The second-order valence-electron chi connectivity index (χ2n) is 4.80. The number of hydrogen-bond acceptors (Lipinski definition) is 5. The SMILES string of the molecule is CNc1cnn(Cc2cnc(C(C)C)o2)c1.O=C(O)C(F)(F)F. The van der Waals surface area contributed by atoms with Crippen LogP contribution < -0.4 is 5.32 Å². The van der Waals surface area contributed by atoms with Crippen molar-refractivity contribution in [2.45, 2.75) is 32.5 Å². The average molecular weight is 334 g/mol. The monoisotopic (exact) mass is 334 g/mol. The molecular weight excluding hydrogens is 317 g/mol. The standard InChI is InChI=1S/C11H16N4O.C2HF3O2/c1-8(2)11-13-5-10(16-11)7-15-6-9(12-3)4-14-15;3-2(4,5)1(6)7/h4-6,8,12H,7H2,1-3H3;(H,6,7). The minimum Gasteiger partial charge on any atom is -0.475 e. The Morgan fingerprint density at radius 2 is 2.04 bits per heavy atom. The molecule has 2 rings (SSSR count). The summed E-state index contributed by atoms with van der Waals surface area (Å²) in [6, 6.07) is 0. The van der Waals surface area contributed by atoms with Crippen molar-refractivity contribution in [1.82, 2.24) is 14.8 Å². The fourth-order valence-corrected chi connectivity index (χ4v) is 1.40. The third-order valence-electron chi connectivity index (χ3n) is 2.55. The summed E-state index contributed by atoms with van der Waals surface area (Å²) in [5.74, 6) is -0.836. The number of hydrogen-bond donors (Lipinski definition) is 2. The molecule has 23 heavy (non-hydrogen) atoms. The summed E-state index contributed by atoms with van der Waals surface area (Å²) < 4.78 is 39.2. The molecule has 0 bridgehead atoms. The Kier molecular flexibility index (Phi) is 6.17. The van der Waals surface area contributed by atoms with Crippen molar-refractivity contribution in [3.63, 3.8) is 0 Å². The van der Waals surface area contributed by atoms with E-state index in [1.54, 1.807) is 12.4 Å². The largest absolute Gasteiger partial charge is 0.490 e. The lowest BCUT2D eigenvalue weighted by Crippen LogP contribution is -2.21. The molecule has 0 aliphatic carbocycles. The summed E-state index contributed by atoms with van der Waals surface area (Å²) in [5, 5.41) is 14.4. The summed E-state index contributed by atoms with van der Waals surface area (Å²) in [7, 11) is 1.87. The van der Waals surface area contributed by atoms with Gasteiger partial charge in [0.2, 0.25) is 0 Å². The first kappa shape index (κ1) is 18.5. The Morgan fingerprint density at radius 1 is 1.43 bits per heavy atom. The summed E-state index contributed by atoms with van der Waals surface area (Å²) >= 11 is 0. The quantitative estimate of drug-likeness (QED) is 0.893. The molecule has 0 aromatic carbocycles. The maximum Gasteiger partial charge on any atom is 0.490 e. The smallest absolute Gasteiger partial charge is 0.475 e. The van der Waals surface area contributed by atoms with Gasteiger partial charge in [-0.05, 0) is 0 Å². The predicted molar refractivity (Wildman–Crippen MR) is 75.2 cm³/mol. The molecule has 0 spiro atoms. The summed E-state index contributed by atoms with van der Waals surface area (Å²) in [5.41, 5.74) is 0.989. The number of rotatable bonds is 4. The van der Waals surface area contributed by atoms with Gasteiger partial charge in [-0.25, -0.2) is 9.78 Å². The van der Waals surface area contributed by atoms with E-state index in [0.29, 0.717) is 12.5 Å². The van der Waals surface area contributed by atoms with E-state index in [9.17, 15) is 13.2 Å². The molecule has 0 amide bonds. The van der Waals surface area contributed by atoms with Crippen molar-refractivity contribution in [2.24, 2.45) is 0 Å². The van der Waals surface area contributed by atoms with Crippen molar-refractivity contribution in [1.29, 1.82) is 0 Å². The fourth-order valence-electron chi connectivity index (χ4n) is 1.40. The number of halogens is 3. The van der Waals surface area contributed by atoms with Crippen LogP contribution >= 0.6 is 0 Å². The molecule has 10 heteroatoms. The molecule has 128 valence electrons. The third-order valence-corrected chi connectivity index (χ3v) is 2.55. The molecule has 2 aromatic rings. The van der Waals surface area contributed by atoms with Crippen LogP contribution in [0.3, 0.4) is 0 Å². The lowest BCUT2D eigenvalue weighted by Gasteiger charge is -1.98. The number of aromatic nitrogens is 3. The maximum absolute atomic E-state index is 10.6. The Balaban J connectivity index is 0.000000322. The molecule has 0 aliphatic rings. The first-order valence-electron chi connectivity index (χ1n) is 6.58. The number of alkyl halides is 3. The molecule has 0 aliphatic heterocycles. The Morgan fingerprint density at radius 3 is 2.43 bits per heavy atom. The number of nitrogens with one attached hydrogen (secondary N) is 1. The van der Waals surface area contributed by atoms with Crippen LogP contribution in [0.2, 0.25) is 0 Å². The lowest BCUT2D eigenvalue weighted by atomic mass is 10.2. The Labute approximate surface area is 130 Å². The minimum absolute atomic E-state index is 0.319. The number of carboxylic acid groups (broad SMARTS) is 1. The van der Waals surface area contributed by atoms with Crippen LogP contribution in [-0.2, 0) is 11.3 Å². The minimum atomic E-state index is -5.08. The van der Waals surface area contributed by atoms with Crippen molar-refractivity contribution in [3.05, 3.63) is 30.2 Å². The Bertz CT molecular complexity index is 634. The highest BCUT2D eigenvalue weighted by Gasteiger charge is 2.38. The van der Waals surface area contributed by atoms with Crippen LogP contribution in [-0.4, -0.2) is 39.1 Å². The molecule has 0 radical (unpaired) electrons. The second kappa shape index (κ2) is 7.65. The van der Waals surface area contributed by atoms with E-state index >= 15 is 0 Å². The van der Waals surface area contributed by atoms with E-state index in [-0.39, 0.29) is 0 Å². The molecule has 0 fully saturated rings. The number of anilines is 1. The average Bonchev–Trinajstić information content (AvgIpc) is 3.08. The molecule has 0 saturated carbocycles. The van der Waals surface area contributed by atoms with Gasteiger partial charge >= 0.3 is 12.1 Å². The molecule has 2 aromatic heterocycles. The van der Waals surface area contributed by atoms with Crippen molar-refractivity contribution in [2.75, 3.05) is 12.4 Å².